The Labute approximate surface area is 153 Å². The number of nitrogens with one attached hydrogen (secondary N) is 1. The predicted molar refractivity (Wildman–Crippen MR) is 98.6 cm³/mol. The Morgan fingerprint density at radius 3 is 2.65 bits per heavy atom. The maximum atomic E-state index is 12.2. The summed E-state index contributed by atoms with van der Waals surface area (Å²) >= 11 is 0. The Balaban J connectivity index is 1.54. The minimum Gasteiger partial charge on any atom is -0.352 e. The van der Waals surface area contributed by atoms with Crippen molar-refractivity contribution in [2.75, 3.05) is 12.8 Å². The molecule has 2 aromatic rings. The van der Waals surface area contributed by atoms with E-state index in [9.17, 15) is 13.2 Å². The van der Waals surface area contributed by atoms with E-state index < -0.39 is 9.84 Å². The average Bonchev–Trinajstić information content (AvgIpc) is 2.81. The summed E-state index contributed by atoms with van der Waals surface area (Å²) in [5.41, 5.74) is 1.19. The number of hydrogen-bond donors (Lipinski definition) is 1. The summed E-state index contributed by atoms with van der Waals surface area (Å²) < 4.78 is 24.8. The maximum Gasteiger partial charge on any atom is 0.251 e. The zero-order chi connectivity index (χ0) is 18.6. The molecule has 2 heterocycles. The van der Waals surface area contributed by atoms with Crippen molar-refractivity contribution >= 4 is 15.7 Å². The highest BCUT2D eigenvalue weighted by Gasteiger charge is 2.15. The Morgan fingerprint density at radius 2 is 1.92 bits per heavy atom. The second-order valence-corrected chi connectivity index (χ2v) is 8.91. The van der Waals surface area contributed by atoms with Crippen LogP contribution in [0.5, 0.6) is 0 Å². The maximum absolute atomic E-state index is 12.2. The molecule has 1 N–H and O–H groups in total. The van der Waals surface area contributed by atoms with Gasteiger partial charge in [-0.15, -0.1) is 10.2 Å². The van der Waals surface area contributed by atoms with Crippen LogP contribution in [-0.4, -0.2) is 41.9 Å². The lowest BCUT2D eigenvalue weighted by Gasteiger charge is -2.08. The Morgan fingerprint density at radius 1 is 1.15 bits per heavy atom. The van der Waals surface area contributed by atoms with Gasteiger partial charge in [0.05, 0.1) is 5.75 Å². The molecule has 0 radical (unpaired) electrons. The number of nitrogens with zero attached hydrogens (tertiary/aromatic N) is 3. The number of carbonyl (C=O) groups excluding carboxylic acids is 1. The number of aryl methyl sites for hydroxylation is 1. The van der Waals surface area contributed by atoms with E-state index >= 15 is 0 Å². The van der Waals surface area contributed by atoms with Gasteiger partial charge in [0.1, 0.15) is 11.6 Å². The predicted octanol–water partition coefficient (Wildman–Crippen LogP) is 1.52. The van der Waals surface area contributed by atoms with Gasteiger partial charge >= 0.3 is 0 Å². The Kier molecular flexibility index (Phi) is 5.70. The summed E-state index contributed by atoms with van der Waals surface area (Å²) in [6, 6.07) is 6.65. The summed E-state index contributed by atoms with van der Waals surface area (Å²) in [6.07, 6.45) is 6.33. The highest BCUT2D eigenvalue weighted by molar-refractivity contribution is 7.89. The number of benzene rings is 1. The monoisotopic (exact) mass is 376 g/mol. The molecule has 0 atom stereocenters. The molecule has 1 amide bonds. The zero-order valence-electron chi connectivity index (χ0n) is 14.9. The minimum atomic E-state index is -3.08. The molecule has 0 unspecified atom stereocenters. The van der Waals surface area contributed by atoms with E-state index in [1.54, 1.807) is 24.3 Å². The molecular weight excluding hydrogens is 352 g/mol. The zero-order valence-corrected chi connectivity index (χ0v) is 15.8. The Hall–Kier alpha value is -2.22. The van der Waals surface area contributed by atoms with Crippen LogP contribution in [-0.2, 0) is 35.0 Å². The van der Waals surface area contributed by atoms with Crippen LogP contribution in [0.3, 0.4) is 0 Å². The summed E-state index contributed by atoms with van der Waals surface area (Å²) in [5.74, 6) is 1.77. The van der Waals surface area contributed by atoms with Crippen LogP contribution in [0.1, 0.15) is 46.8 Å². The first-order valence-corrected chi connectivity index (χ1v) is 10.9. The molecule has 26 heavy (non-hydrogen) atoms. The second kappa shape index (κ2) is 7.99. The number of sulfone groups is 1. The number of carbonyl (C=O) groups is 1. The molecule has 0 saturated carbocycles. The highest BCUT2D eigenvalue weighted by Crippen LogP contribution is 2.14. The molecule has 0 saturated heterocycles. The van der Waals surface area contributed by atoms with Crippen molar-refractivity contribution in [1.82, 2.24) is 20.1 Å². The largest absolute Gasteiger partial charge is 0.352 e. The molecule has 1 aromatic carbocycles. The van der Waals surface area contributed by atoms with Crippen LogP contribution < -0.4 is 5.32 Å². The van der Waals surface area contributed by atoms with E-state index in [2.05, 4.69) is 20.1 Å². The lowest BCUT2D eigenvalue weighted by atomic mass is 10.1. The van der Waals surface area contributed by atoms with E-state index in [-0.39, 0.29) is 11.7 Å². The molecule has 1 aromatic heterocycles. The SMILES string of the molecule is CS(=O)(=O)Cc1ccc(C(=O)NCCc2nnc3n2CCCCC3)cc1. The fraction of sp³-hybridized carbons (Fsp3) is 0.500. The normalized spacial score (nSPS) is 14.5. The third-order valence-electron chi connectivity index (χ3n) is 4.47. The van der Waals surface area contributed by atoms with Crippen molar-refractivity contribution in [3.05, 3.63) is 47.0 Å². The van der Waals surface area contributed by atoms with E-state index in [0.29, 0.717) is 24.1 Å². The molecule has 0 spiro atoms. The summed E-state index contributed by atoms with van der Waals surface area (Å²) in [7, 11) is -3.08. The quantitative estimate of drug-likeness (QED) is 0.825. The van der Waals surface area contributed by atoms with Crippen LogP contribution in [0.15, 0.2) is 24.3 Å². The molecule has 1 aliphatic rings. The number of hydrogen-bond acceptors (Lipinski definition) is 5. The molecule has 7 nitrogen and oxygen atoms in total. The van der Waals surface area contributed by atoms with Gasteiger partial charge in [0.25, 0.3) is 5.91 Å². The first-order chi connectivity index (χ1) is 12.4. The second-order valence-electron chi connectivity index (χ2n) is 6.77. The van der Waals surface area contributed by atoms with Crippen LogP contribution in [0.2, 0.25) is 0 Å². The molecule has 8 heteroatoms. The van der Waals surface area contributed by atoms with E-state index in [1.165, 1.54) is 12.7 Å². The molecule has 0 fully saturated rings. The fourth-order valence-electron chi connectivity index (χ4n) is 3.18. The van der Waals surface area contributed by atoms with Gasteiger partial charge < -0.3 is 9.88 Å². The minimum absolute atomic E-state index is 0.0209. The molecular formula is C18H24N4O3S. The standard InChI is InChI=1S/C18H24N4O3S/c1-26(24,25)13-14-6-8-15(9-7-14)18(23)19-11-10-17-21-20-16-5-3-2-4-12-22(16)17/h6-9H,2-5,10-13H2,1H3,(H,19,23). The van der Waals surface area contributed by atoms with Gasteiger partial charge in [-0.25, -0.2) is 8.42 Å². The summed E-state index contributed by atoms with van der Waals surface area (Å²) in [6.45, 7) is 1.44. The average molecular weight is 376 g/mol. The van der Waals surface area contributed by atoms with Gasteiger partial charge in [-0.3, -0.25) is 4.79 Å². The Bertz CT molecular complexity index is 872. The van der Waals surface area contributed by atoms with Gasteiger partial charge in [0.2, 0.25) is 0 Å². The molecule has 0 aliphatic carbocycles. The lowest BCUT2D eigenvalue weighted by molar-refractivity contribution is 0.0954. The smallest absolute Gasteiger partial charge is 0.251 e. The van der Waals surface area contributed by atoms with Crippen LogP contribution >= 0.6 is 0 Å². The van der Waals surface area contributed by atoms with Crippen molar-refractivity contribution in [3.63, 3.8) is 0 Å². The molecule has 1 aliphatic heterocycles. The number of rotatable bonds is 6. The first-order valence-electron chi connectivity index (χ1n) is 8.88. The van der Waals surface area contributed by atoms with Gasteiger partial charge in [0.15, 0.2) is 9.84 Å². The van der Waals surface area contributed by atoms with Crippen molar-refractivity contribution in [3.8, 4) is 0 Å². The van der Waals surface area contributed by atoms with Crippen LogP contribution in [0, 0.1) is 0 Å². The van der Waals surface area contributed by atoms with E-state index in [1.807, 2.05) is 0 Å². The topological polar surface area (TPSA) is 93.9 Å². The van der Waals surface area contributed by atoms with Gasteiger partial charge in [0, 0.05) is 37.8 Å². The number of fused-ring (bicyclic) bond motifs is 1. The number of amides is 1. The summed E-state index contributed by atoms with van der Waals surface area (Å²) in [4.78, 5) is 12.2. The van der Waals surface area contributed by atoms with E-state index in [0.717, 1.165) is 37.5 Å². The molecule has 0 bridgehead atoms. The lowest BCUT2D eigenvalue weighted by Crippen LogP contribution is -2.26. The van der Waals surface area contributed by atoms with E-state index in [4.69, 9.17) is 0 Å². The van der Waals surface area contributed by atoms with Gasteiger partial charge in [-0.1, -0.05) is 18.6 Å². The highest BCUT2D eigenvalue weighted by atomic mass is 32.2. The van der Waals surface area contributed by atoms with Crippen molar-refractivity contribution in [2.45, 2.75) is 44.4 Å². The van der Waals surface area contributed by atoms with Crippen LogP contribution in [0.4, 0.5) is 0 Å². The van der Waals surface area contributed by atoms with Gasteiger partial charge in [-0.2, -0.15) is 0 Å². The molecule has 3 rings (SSSR count). The third kappa shape index (κ3) is 4.91. The first kappa shape index (κ1) is 18.6. The molecule has 140 valence electrons. The van der Waals surface area contributed by atoms with Crippen LogP contribution in [0.25, 0.3) is 0 Å². The fourth-order valence-corrected chi connectivity index (χ4v) is 3.97. The van der Waals surface area contributed by atoms with Gasteiger partial charge in [-0.05, 0) is 30.5 Å². The number of aromatic nitrogens is 3. The summed E-state index contributed by atoms with van der Waals surface area (Å²) in [5, 5.41) is 11.4. The van der Waals surface area contributed by atoms with Crippen molar-refractivity contribution < 1.29 is 13.2 Å². The van der Waals surface area contributed by atoms with Crippen molar-refractivity contribution in [2.24, 2.45) is 0 Å². The van der Waals surface area contributed by atoms with Crippen molar-refractivity contribution in [1.29, 1.82) is 0 Å². The third-order valence-corrected chi connectivity index (χ3v) is 5.32.